The molecule has 0 fully saturated rings. The minimum Gasteiger partial charge on any atom is -0.508 e. The molecule has 0 unspecified atom stereocenters. The van der Waals surface area contributed by atoms with E-state index < -0.39 is 0 Å². The van der Waals surface area contributed by atoms with Gasteiger partial charge in [0.15, 0.2) is 0 Å². The van der Waals surface area contributed by atoms with Crippen LogP contribution in [-0.4, -0.2) is 17.7 Å². The number of carbonyl (C=O) groups excluding carboxylic acids is 1. The molecule has 0 spiro atoms. The average molecular weight is 218 g/mol. The number of aromatic hydroxyl groups is 1. The maximum Gasteiger partial charge on any atom is 0.333 e. The van der Waals surface area contributed by atoms with E-state index in [0.29, 0.717) is 13.0 Å². The Morgan fingerprint density at radius 1 is 1.19 bits per heavy atom. The molecule has 3 heteroatoms. The summed E-state index contributed by atoms with van der Waals surface area (Å²) in [7, 11) is 0. The number of hydrogen-bond donors (Lipinski definition) is 1. The molecular formula is C13H14O3. The molecule has 1 aromatic carbocycles. The van der Waals surface area contributed by atoms with E-state index in [1.165, 1.54) is 0 Å². The van der Waals surface area contributed by atoms with Crippen LogP contribution in [0.1, 0.15) is 18.4 Å². The number of ether oxygens (including phenoxy) is 1. The van der Waals surface area contributed by atoms with Gasteiger partial charge in [-0.3, -0.25) is 0 Å². The van der Waals surface area contributed by atoms with Gasteiger partial charge in [-0.15, -0.1) is 0 Å². The van der Waals surface area contributed by atoms with Gasteiger partial charge in [-0.05, 0) is 30.5 Å². The van der Waals surface area contributed by atoms with E-state index >= 15 is 0 Å². The summed E-state index contributed by atoms with van der Waals surface area (Å²) in [6.07, 6.45) is 4.26. The maximum absolute atomic E-state index is 11.3. The van der Waals surface area contributed by atoms with Gasteiger partial charge in [0.05, 0.1) is 6.61 Å². The summed E-state index contributed by atoms with van der Waals surface area (Å²) in [6.45, 7) is 0.502. The van der Waals surface area contributed by atoms with Gasteiger partial charge >= 0.3 is 5.97 Å². The van der Waals surface area contributed by atoms with Crippen LogP contribution in [0, 0.1) is 0 Å². The summed E-state index contributed by atoms with van der Waals surface area (Å²) >= 11 is 0. The van der Waals surface area contributed by atoms with Crippen molar-refractivity contribution in [2.45, 2.75) is 19.3 Å². The van der Waals surface area contributed by atoms with Crippen molar-refractivity contribution < 1.29 is 14.6 Å². The van der Waals surface area contributed by atoms with Crippen molar-refractivity contribution in [2.75, 3.05) is 6.61 Å². The Morgan fingerprint density at radius 3 is 2.62 bits per heavy atom. The van der Waals surface area contributed by atoms with Gasteiger partial charge in [-0.2, -0.15) is 0 Å². The Morgan fingerprint density at radius 2 is 1.94 bits per heavy atom. The number of cyclic esters (lactones) is 1. The van der Waals surface area contributed by atoms with Crippen molar-refractivity contribution >= 4 is 5.97 Å². The van der Waals surface area contributed by atoms with Gasteiger partial charge in [0, 0.05) is 12.0 Å². The smallest absolute Gasteiger partial charge is 0.333 e. The molecular weight excluding hydrogens is 204 g/mol. The molecule has 0 aromatic heterocycles. The van der Waals surface area contributed by atoms with Crippen LogP contribution in [0.15, 0.2) is 35.9 Å². The zero-order valence-electron chi connectivity index (χ0n) is 8.98. The van der Waals surface area contributed by atoms with Crippen LogP contribution in [0.4, 0.5) is 0 Å². The highest BCUT2D eigenvalue weighted by molar-refractivity contribution is 5.89. The lowest BCUT2D eigenvalue weighted by Crippen LogP contribution is -2.14. The van der Waals surface area contributed by atoms with Gasteiger partial charge in [0.1, 0.15) is 5.75 Å². The first-order valence-corrected chi connectivity index (χ1v) is 5.40. The Labute approximate surface area is 94.4 Å². The quantitative estimate of drug-likeness (QED) is 0.791. The van der Waals surface area contributed by atoms with Gasteiger partial charge in [-0.1, -0.05) is 18.2 Å². The second-order valence-corrected chi connectivity index (χ2v) is 3.82. The summed E-state index contributed by atoms with van der Waals surface area (Å²) in [4.78, 5) is 11.3. The van der Waals surface area contributed by atoms with E-state index in [4.69, 9.17) is 9.84 Å². The summed E-state index contributed by atoms with van der Waals surface area (Å²) in [5, 5.41) is 9.13. The SMILES string of the molecule is O=C1OCCC=C1CCc1ccc(O)cc1. The zero-order chi connectivity index (χ0) is 11.4. The molecule has 1 aromatic rings. The van der Waals surface area contributed by atoms with Gasteiger partial charge in [0.25, 0.3) is 0 Å². The first-order chi connectivity index (χ1) is 7.75. The largest absolute Gasteiger partial charge is 0.508 e. The second kappa shape index (κ2) is 4.84. The third-order valence-corrected chi connectivity index (χ3v) is 2.62. The highest BCUT2D eigenvalue weighted by atomic mass is 16.5. The van der Waals surface area contributed by atoms with Crippen LogP contribution in [-0.2, 0) is 16.0 Å². The predicted molar refractivity (Wildman–Crippen MR) is 60.1 cm³/mol. The van der Waals surface area contributed by atoms with Gasteiger partial charge in [0.2, 0.25) is 0 Å². The molecule has 3 nitrogen and oxygen atoms in total. The molecule has 1 aliphatic heterocycles. The maximum atomic E-state index is 11.3. The molecule has 2 rings (SSSR count). The van der Waals surface area contributed by atoms with Crippen LogP contribution >= 0.6 is 0 Å². The van der Waals surface area contributed by atoms with E-state index in [0.717, 1.165) is 24.0 Å². The first kappa shape index (κ1) is 10.7. The molecule has 0 bridgehead atoms. The Balaban J connectivity index is 1.94. The monoisotopic (exact) mass is 218 g/mol. The predicted octanol–water partition coefficient (Wildman–Crippen LogP) is 2.20. The van der Waals surface area contributed by atoms with Crippen LogP contribution in [0.25, 0.3) is 0 Å². The second-order valence-electron chi connectivity index (χ2n) is 3.82. The topological polar surface area (TPSA) is 46.5 Å². The van der Waals surface area contributed by atoms with Crippen LogP contribution in [0.2, 0.25) is 0 Å². The average Bonchev–Trinajstić information content (AvgIpc) is 2.30. The standard InChI is InChI=1S/C13H14O3/c14-12-7-4-10(5-8-12)3-6-11-2-1-9-16-13(11)15/h2,4-5,7-8,14H,1,3,6,9H2. The van der Waals surface area contributed by atoms with Crippen LogP contribution in [0.3, 0.4) is 0 Å². The molecule has 0 radical (unpaired) electrons. The molecule has 0 saturated heterocycles. The van der Waals surface area contributed by atoms with E-state index in [9.17, 15) is 4.79 Å². The number of benzene rings is 1. The highest BCUT2D eigenvalue weighted by Crippen LogP contribution is 2.16. The van der Waals surface area contributed by atoms with Gasteiger partial charge < -0.3 is 9.84 Å². The van der Waals surface area contributed by atoms with E-state index in [1.54, 1.807) is 12.1 Å². The molecule has 1 heterocycles. The molecule has 0 atom stereocenters. The molecule has 84 valence electrons. The molecule has 1 aliphatic rings. The zero-order valence-corrected chi connectivity index (χ0v) is 8.98. The number of hydrogen-bond acceptors (Lipinski definition) is 3. The number of carbonyl (C=O) groups is 1. The van der Waals surface area contributed by atoms with Crippen molar-refractivity contribution in [3.05, 3.63) is 41.5 Å². The number of esters is 1. The fourth-order valence-electron chi connectivity index (χ4n) is 1.71. The molecule has 0 aliphatic carbocycles. The fraction of sp³-hybridized carbons (Fsp3) is 0.308. The third-order valence-electron chi connectivity index (χ3n) is 2.62. The van der Waals surface area contributed by atoms with Crippen LogP contribution < -0.4 is 0 Å². The lowest BCUT2D eigenvalue weighted by molar-refractivity contribution is -0.140. The van der Waals surface area contributed by atoms with E-state index in [1.807, 2.05) is 18.2 Å². The third kappa shape index (κ3) is 2.63. The summed E-state index contributed by atoms with van der Waals surface area (Å²) in [5.74, 6) is 0.0741. The highest BCUT2D eigenvalue weighted by Gasteiger charge is 2.14. The lowest BCUT2D eigenvalue weighted by atomic mass is 10.0. The minimum absolute atomic E-state index is 0.190. The van der Waals surface area contributed by atoms with Crippen LogP contribution in [0.5, 0.6) is 5.75 Å². The minimum atomic E-state index is -0.190. The molecule has 0 saturated carbocycles. The fourth-order valence-corrected chi connectivity index (χ4v) is 1.71. The number of rotatable bonds is 3. The van der Waals surface area contributed by atoms with Crippen molar-refractivity contribution in [1.82, 2.24) is 0 Å². The van der Waals surface area contributed by atoms with Crippen molar-refractivity contribution in [1.29, 1.82) is 0 Å². The lowest BCUT2D eigenvalue weighted by Gasteiger charge is -2.12. The Kier molecular flexibility index (Phi) is 3.25. The molecule has 16 heavy (non-hydrogen) atoms. The summed E-state index contributed by atoms with van der Waals surface area (Å²) < 4.78 is 4.95. The Bertz CT molecular complexity index is 404. The Hall–Kier alpha value is -1.77. The van der Waals surface area contributed by atoms with Gasteiger partial charge in [-0.25, -0.2) is 4.79 Å². The van der Waals surface area contributed by atoms with Crippen molar-refractivity contribution in [3.8, 4) is 5.75 Å². The number of phenols is 1. The normalized spacial score (nSPS) is 15.5. The summed E-state index contributed by atoms with van der Waals surface area (Å²) in [5.41, 5.74) is 1.87. The van der Waals surface area contributed by atoms with Crippen molar-refractivity contribution in [3.63, 3.8) is 0 Å². The number of aryl methyl sites for hydroxylation is 1. The molecule has 1 N–H and O–H groups in total. The summed E-state index contributed by atoms with van der Waals surface area (Å²) in [6, 6.07) is 7.04. The first-order valence-electron chi connectivity index (χ1n) is 5.40. The van der Waals surface area contributed by atoms with E-state index in [2.05, 4.69) is 0 Å². The van der Waals surface area contributed by atoms with Crippen molar-refractivity contribution in [2.24, 2.45) is 0 Å². The van der Waals surface area contributed by atoms with E-state index in [-0.39, 0.29) is 11.7 Å². The number of phenolic OH excluding ortho intramolecular Hbond substituents is 1. The molecule has 0 amide bonds.